The van der Waals surface area contributed by atoms with E-state index in [1.807, 2.05) is 19.1 Å². The topological polar surface area (TPSA) is 32.7 Å². The van der Waals surface area contributed by atoms with Gasteiger partial charge in [0, 0.05) is 6.54 Å². The molecule has 1 aromatic carbocycles. The molecule has 2 rings (SSSR count). The number of hydrogen-bond acceptors (Lipinski definition) is 3. The minimum Gasteiger partial charge on any atom is -0.491 e. The summed E-state index contributed by atoms with van der Waals surface area (Å²) >= 11 is 0. The standard InChI is InChI=1S/C17H27NO2/c1-13-6-8-18(9-7-13)11-16(19)12-20-17-5-4-14(2)10-15(17)3/h4-5,10,13,16,19H,6-9,11-12H2,1-3H3/t16-/m1/s1. The van der Waals surface area contributed by atoms with Crippen molar-refractivity contribution in [2.45, 2.75) is 39.7 Å². The van der Waals surface area contributed by atoms with Crippen LogP contribution in [-0.4, -0.2) is 42.4 Å². The van der Waals surface area contributed by atoms with Crippen LogP contribution in [0.15, 0.2) is 18.2 Å². The molecule has 3 heteroatoms. The van der Waals surface area contributed by atoms with Crippen LogP contribution in [0.2, 0.25) is 0 Å². The van der Waals surface area contributed by atoms with Gasteiger partial charge in [0.1, 0.15) is 18.5 Å². The number of aliphatic hydroxyl groups excluding tert-OH is 1. The second-order valence-corrected chi connectivity index (χ2v) is 6.22. The van der Waals surface area contributed by atoms with E-state index in [2.05, 4.69) is 24.8 Å². The van der Waals surface area contributed by atoms with E-state index in [0.717, 1.165) is 36.9 Å². The average Bonchev–Trinajstić information content (AvgIpc) is 2.40. The van der Waals surface area contributed by atoms with Crippen molar-refractivity contribution in [2.75, 3.05) is 26.2 Å². The lowest BCUT2D eigenvalue weighted by Gasteiger charge is -2.31. The number of aliphatic hydroxyl groups is 1. The molecule has 1 aliphatic heterocycles. The summed E-state index contributed by atoms with van der Waals surface area (Å²) in [5.74, 6) is 1.71. The number of piperidine rings is 1. The molecule has 20 heavy (non-hydrogen) atoms. The average molecular weight is 277 g/mol. The molecule has 0 unspecified atom stereocenters. The highest BCUT2D eigenvalue weighted by molar-refractivity contribution is 5.35. The summed E-state index contributed by atoms with van der Waals surface area (Å²) in [6, 6.07) is 6.13. The van der Waals surface area contributed by atoms with Gasteiger partial charge in [-0.2, -0.15) is 0 Å². The highest BCUT2D eigenvalue weighted by Gasteiger charge is 2.18. The fourth-order valence-electron chi connectivity index (χ4n) is 2.74. The molecule has 1 N–H and O–H groups in total. The van der Waals surface area contributed by atoms with Gasteiger partial charge in [-0.25, -0.2) is 0 Å². The second kappa shape index (κ2) is 7.09. The minimum atomic E-state index is -0.413. The van der Waals surface area contributed by atoms with Crippen molar-refractivity contribution in [3.63, 3.8) is 0 Å². The molecule has 0 spiro atoms. The van der Waals surface area contributed by atoms with Crippen LogP contribution >= 0.6 is 0 Å². The van der Waals surface area contributed by atoms with Crippen LogP contribution < -0.4 is 4.74 Å². The zero-order valence-electron chi connectivity index (χ0n) is 12.9. The molecule has 1 atom stereocenters. The van der Waals surface area contributed by atoms with Gasteiger partial charge in [0.05, 0.1) is 0 Å². The van der Waals surface area contributed by atoms with Crippen LogP contribution in [-0.2, 0) is 0 Å². The van der Waals surface area contributed by atoms with Crippen LogP contribution in [0.5, 0.6) is 5.75 Å². The lowest BCUT2D eigenvalue weighted by atomic mass is 9.99. The molecule has 1 fully saturated rings. The van der Waals surface area contributed by atoms with Crippen molar-refractivity contribution in [3.05, 3.63) is 29.3 Å². The Hall–Kier alpha value is -1.06. The van der Waals surface area contributed by atoms with E-state index in [-0.39, 0.29) is 0 Å². The first-order chi connectivity index (χ1) is 9.54. The van der Waals surface area contributed by atoms with Gasteiger partial charge in [-0.3, -0.25) is 0 Å². The highest BCUT2D eigenvalue weighted by atomic mass is 16.5. The van der Waals surface area contributed by atoms with Crippen LogP contribution in [0.25, 0.3) is 0 Å². The number of likely N-dealkylation sites (tertiary alicyclic amines) is 1. The van der Waals surface area contributed by atoms with Gasteiger partial charge in [0.25, 0.3) is 0 Å². The van der Waals surface area contributed by atoms with Crippen molar-refractivity contribution in [1.82, 2.24) is 4.90 Å². The van der Waals surface area contributed by atoms with Gasteiger partial charge in [-0.05, 0) is 57.3 Å². The van der Waals surface area contributed by atoms with Crippen LogP contribution in [0.1, 0.15) is 30.9 Å². The number of benzene rings is 1. The third-order valence-corrected chi connectivity index (χ3v) is 4.11. The SMILES string of the molecule is Cc1ccc(OC[C@H](O)CN2CCC(C)CC2)c(C)c1. The van der Waals surface area contributed by atoms with Gasteiger partial charge >= 0.3 is 0 Å². The van der Waals surface area contributed by atoms with Crippen molar-refractivity contribution in [1.29, 1.82) is 0 Å². The summed E-state index contributed by atoms with van der Waals surface area (Å²) < 4.78 is 5.74. The Kier molecular flexibility index (Phi) is 5.44. The predicted octanol–water partition coefficient (Wildman–Crippen LogP) is 2.78. The van der Waals surface area contributed by atoms with E-state index in [9.17, 15) is 5.11 Å². The monoisotopic (exact) mass is 277 g/mol. The van der Waals surface area contributed by atoms with E-state index < -0.39 is 6.10 Å². The summed E-state index contributed by atoms with van der Waals surface area (Å²) in [4.78, 5) is 2.34. The molecule has 1 heterocycles. The molecule has 1 aliphatic rings. The van der Waals surface area contributed by atoms with Gasteiger partial charge < -0.3 is 14.7 Å². The molecule has 0 radical (unpaired) electrons. The number of hydrogen-bond donors (Lipinski definition) is 1. The number of ether oxygens (including phenoxy) is 1. The Labute approximate surface area is 122 Å². The predicted molar refractivity (Wildman–Crippen MR) is 82.3 cm³/mol. The van der Waals surface area contributed by atoms with Crippen LogP contribution in [0.3, 0.4) is 0 Å². The first kappa shape index (κ1) is 15.3. The molecule has 0 bridgehead atoms. The van der Waals surface area contributed by atoms with E-state index >= 15 is 0 Å². The smallest absolute Gasteiger partial charge is 0.122 e. The number of nitrogens with zero attached hydrogens (tertiary/aromatic N) is 1. The summed E-state index contributed by atoms with van der Waals surface area (Å²) in [6.07, 6.45) is 2.07. The number of β-amino-alcohol motifs (C(OH)–C–C–N with tert-alkyl or cyclic N) is 1. The molecule has 0 aliphatic carbocycles. The van der Waals surface area contributed by atoms with E-state index in [4.69, 9.17) is 4.74 Å². The van der Waals surface area contributed by atoms with E-state index in [1.165, 1.54) is 18.4 Å². The third kappa shape index (κ3) is 4.50. The maximum atomic E-state index is 10.1. The quantitative estimate of drug-likeness (QED) is 0.898. The molecule has 0 saturated carbocycles. The zero-order valence-corrected chi connectivity index (χ0v) is 12.9. The van der Waals surface area contributed by atoms with Crippen molar-refractivity contribution >= 4 is 0 Å². The first-order valence-corrected chi connectivity index (χ1v) is 7.65. The maximum absolute atomic E-state index is 10.1. The normalized spacial score (nSPS) is 19.0. The molecule has 0 amide bonds. The summed E-state index contributed by atoms with van der Waals surface area (Å²) in [5.41, 5.74) is 2.36. The Morgan fingerprint density at radius 2 is 2.00 bits per heavy atom. The fraction of sp³-hybridized carbons (Fsp3) is 0.647. The summed E-state index contributed by atoms with van der Waals surface area (Å²) in [5, 5.41) is 10.1. The maximum Gasteiger partial charge on any atom is 0.122 e. The lowest BCUT2D eigenvalue weighted by Crippen LogP contribution is -2.40. The third-order valence-electron chi connectivity index (χ3n) is 4.11. The fourth-order valence-corrected chi connectivity index (χ4v) is 2.74. The summed E-state index contributed by atoms with van der Waals surface area (Å²) in [7, 11) is 0. The van der Waals surface area contributed by atoms with Crippen molar-refractivity contribution in [2.24, 2.45) is 5.92 Å². The molecule has 1 aromatic rings. The van der Waals surface area contributed by atoms with Crippen molar-refractivity contribution in [3.8, 4) is 5.75 Å². The minimum absolute atomic E-state index is 0.371. The second-order valence-electron chi connectivity index (χ2n) is 6.22. The molecular weight excluding hydrogens is 250 g/mol. The lowest BCUT2D eigenvalue weighted by molar-refractivity contribution is 0.0561. The number of aryl methyl sites for hydroxylation is 2. The Bertz CT molecular complexity index is 425. The molecule has 3 nitrogen and oxygen atoms in total. The van der Waals surface area contributed by atoms with Gasteiger partial charge in [0.15, 0.2) is 0 Å². The Morgan fingerprint density at radius 1 is 1.30 bits per heavy atom. The zero-order chi connectivity index (χ0) is 14.5. The van der Waals surface area contributed by atoms with Gasteiger partial charge in [0.2, 0.25) is 0 Å². The summed E-state index contributed by atoms with van der Waals surface area (Å²) in [6.45, 7) is 9.71. The first-order valence-electron chi connectivity index (χ1n) is 7.65. The van der Waals surface area contributed by atoms with Crippen LogP contribution in [0, 0.1) is 19.8 Å². The van der Waals surface area contributed by atoms with E-state index in [0.29, 0.717) is 6.61 Å². The van der Waals surface area contributed by atoms with Gasteiger partial charge in [-0.1, -0.05) is 24.6 Å². The van der Waals surface area contributed by atoms with Crippen molar-refractivity contribution < 1.29 is 9.84 Å². The molecular formula is C17H27NO2. The molecule has 1 saturated heterocycles. The highest BCUT2D eigenvalue weighted by Crippen LogP contribution is 2.19. The number of rotatable bonds is 5. The largest absolute Gasteiger partial charge is 0.491 e. The molecule has 112 valence electrons. The van der Waals surface area contributed by atoms with Gasteiger partial charge in [-0.15, -0.1) is 0 Å². The van der Waals surface area contributed by atoms with Crippen LogP contribution in [0.4, 0.5) is 0 Å². The van der Waals surface area contributed by atoms with E-state index in [1.54, 1.807) is 0 Å². The molecule has 0 aromatic heterocycles. The Morgan fingerprint density at radius 3 is 2.65 bits per heavy atom. The Balaban J connectivity index is 1.76.